The quantitative estimate of drug-likeness (QED) is 0.807. The van der Waals surface area contributed by atoms with Gasteiger partial charge in [0, 0.05) is 19.9 Å². The third-order valence-corrected chi connectivity index (χ3v) is 2.28. The highest BCUT2D eigenvalue weighted by molar-refractivity contribution is 5.45. The summed E-state index contributed by atoms with van der Waals surface area (Å²) in [6, 6.07) is 6.15. The van der Waals surface area contributed by atoms with Gasteiger partial charge in [-0.2, -0.15) is 0 Å². The van der Waals surface area contributed by atoms with Crippen LogP contribution in [0.2, 0.25) is 0 Å². The van der Waals surface area contributed by atoms with Crippen molar-refractivity contribution in [3.8, 4) is 11.5 Å². The van der Waals surface area contributed by atoms with E-state index in [2.05, 4.69) is 0 Å². The Morgan fingerprint density at radius 3 is 2.60 bits per heavy atom. The van der Waals surface area contributed by atoms with E-state index in [9.17, 15) is 0 Å². The molecule has 0 spiro atoms. The van der Waals surface area contributed by atoms with Gasteiger partial charge in [0.25, 0.3) is 0 Å². The molecule has 1 aromatic rings. The molecule has 0 radical (unpaired) electrons. The van der Waals surface area contributed by atoms with E-state index in [-0.39, 0.29) is 6.04 Å². The molecule has 1 heterocycles. The van der Waals surface area contributed by atoms with Gasteiger partial charge in [-0.25, -0.2) is 0 Å². The molecule has 0 saturated heterocycles. The lowest BCUT2D eigenvalue weighted by Crippen LogP contribution is -2.29. The second-order valence-electron chi connectivity index (χ2n) is 4.57. The molecule has 0 bridgehead atoms. The SMILES string of the molecule is CC(N)Cc1ccc2c(c1)OC(C)(C)O2. The third kappa shape index (κ3) is 2.23. The molecule has 0 amide bonds. The first-order valence-electron chi connectivity index (χ1n) is 5.23. The van der Waals surface area contributed by atoms with Crippen LogP contribution in [0.15, 0.2) is 18.2 Å². The van der Waals surface area contributed by atoms with Crippen molar-refractivity contribution in [1.29, 1.82) is 0 Å². The molecule has 1 atom stereocenters. The zero-order valence-corrected chi connectivity index (χ0v) is 9.41. The largest absolute Gasteiger partial charge is 0.449 e. The Bertz CT molecular complexity index is 372. The van der Waals surface area contributed by atoms with Crippen molar-refractivity contribution >= 4 is 0 Å². The predicted octanol–water partition coefficient (Wildman–Crippen LogP) is 2.08. The van der Waals surface area contributed by atoms with E-state index < -0.39 is 5.79 Å². The van der Waals surface area contributed by atoms with E-state index in [1.54, 1.807) is 0 Å². The van der Waals surface area contributed by atoms with Gasteiger partial charge in [-0.3, -0.25) is 0 Å². The fraction of sp³-hybridized carbons (Fsp3) is 0.500. The molecule has 1 aromatic carbocycles. The van der Waals surface area contributed by atoms with Crippen molar-refractivity contribution in [2.24, 2.45) is 5.73 Å². The number of hydrogen-bond acceptors (Lipinski definition) is 3. The summed E-state index contributed by atoms with van der Waals surface area (Å²) in [5.41, 5.74) is 6.94. The summed E-state index contributed by atoms with van der Waals surface area (Å²) >= 11 is 0. The number of benzene rings is 1. The predicted molar refractivity (Wildman–Crippen MR) is 59.1 cm³/mol. The lowest BCUT2D eigenvalue weighted by atomic mass is 10.1. The van der Waals surface area contributed by atoms with Crippen molar-refractivity contribution in [3.63, 3.8) is 0 Å². The number of ether oxygens (including phenoxy) is 2. The normalized spacial score (nSPS) is 18.9. The smallest absolute Gasteiger partial charge is 0.246 e. The Labute approximate surface area is 90.2 Å². The zero-order valence-electron chi connectivity index (χ0n) is 9.41. The zero-order chi connectivity index (χ0) is 11.1. The van der Waals surface area contributed by atoms with Crippen molar-refractivity contribution < 1.29 is 9.47 Å². The summed E-state index contributed by atoms with van der Waals surface area (Å²) in [6.45, 7) is 5.80. The van der Waals surface area contributed by atoms with Gasteiger partial charge < -0.3 is 15.2 Å². The number of hydrogen-bond donors (Lipinski definition) is 1. The second-order valence-corrected chi connectivity index (χ2v) is 4.57. The molecular formula is C12H17NO2. The molecule has 0 aromatic heterocycles. The monoisotopic (exact) mass is 207 g/mol. The van der Waals surface area contributed by atoms with Crippen molar-refractivity contribution in [3.05, 3.63) is 23.8 Å². The molecule has 1 unspecified atom stereocenters. The minimum absolute atomic E-state index is 0.165. The minimum Gasteiger partial charge on any atom is -0.449 e. The average molecular weight is 207 g/mol. The Morgan fingerprint density at radius 1 is 1.27 bits per heavy atom. The summed E-state index contributed by atoms with van der Waals surface area (Å²) in [5, 5.41) is 0. The Hall–Kier alpha value is -1.22. The lowest BCUT2D eigenvalue weighted by molar-refractivity contribution is -0.0431. The maximum Gasteiger partial charge on any atom is 0.246 e. The molecule has 0 saturated carbocycles. The van der Waals surface area contributed by atoms with Crippen molar-refractivity contribution in [1.82, 2.24) is 0 Å². The van der Waals surface area contributed by atoms with Crippen LogP contribution in [0.5, 0.6) is 11.5 Å². The van der Waals surface area contributed by atoms with Crippen LogP contribution < -0.4 is 15.2 Å². The molecule has 1 aliphatic heterocycles. The third-order valence-electron chi connectivity index (χ3n) is 2.28. The molecule has 3 heteroatoms. The Morgan fingerprint density at radius 2 is 1.93 bits per heavy atom. The average Bonchev–Trinajstić information content (AvgIpc) is 2.36. The standard InChI is InChI=1S/C12H17NO2/c1-8(13)6-9-4-5-10-11(7-9)15-12(2,3)14-10/h4-5,7-8H,6,13H2,1-3H3. The highest BCUT2D eigenvalue weighted by Crippen LogP contribution is 2.39. The van der Waals surface area contributed by atoms with Crippen LogP contribution in [0, 0.1) is 0 Å². The van der Waals surface area contributed by atoms with Crippen LogP contribution in [0.4, 0.5) is 0 Å². The van der Waals surface area contributed by atoms with Crippen LogP contribution in [0.3, 0.4) is 0 Å². The maximum atomic E-state index is 5.75. The molecule has 2 N–H and O–H groups in total. The second kappa shape index (κ2) is 3.42. The number of nitrogens with two attached hydrogens (primary N) is 1. The maximum absolute atomic E-state index is 5.75. The summed E-state index contributed by atoms with van der Waals surface area (Å²) < 4.78 is 11.3. The first-order chi connectivity index (χ1) is 6.96. The van der Waals surface area contributed by atoms with Gasteiger partial charge in [0.15, 0.2) is 11.5 Å². The van der Waals surface area contributed by atoms with Gasteiger partial charge in [-0.15, -0.1) is 0 Å². The van der Waals surface area contributed by atoms with E-state index in [1.165, 1.54) is 5.56 Å². The van der Waals surface area contributed by atoms with E-state index in [1.807, 2.05) is 39.0 Å². The van der Waals surface area contributed by atoms with Gasteiger partial charge in [0.2, 0.25) is 5.79 Å². The van der Waals surface area contributed by atoms with Crippen LogP contribution in [-0.4, -0.2) is 11.8 Å². The Balaban J connectivity index is 2.23. The highest BCUT2D eigenvalue weighted by Gasteiger charge is 2.31. The van der Waals surface area contributed by atoms with E-state index in [0.29, 0.717) is 0 Å². The molecule has 0 aliphatic carbocycles. The van der Waals surface area contributed by atoms with Crippen molar-refractivity contribution in [2.75, 3.05) is 0 Å². The Kier molecular flexibility index (Phi) is 2.35. The summed E-state index contributed by atoms with van der Waals surface area (Å²) in [5.74, 6) is 1.08. The molecule has 0 fully saturated rings. The van der Waals surface area contributed by atoms with Crippen LogP contribution in [-0.2, 0) is 6.42 Å². The molecule has 82 valence electrons. The van der Waals surface area contributed by atoms with E-state index in [0.717, 1.165) is 17.9 Å². The van der Waals surface area contributed by atoms with Crippen LogP contribution in [0.1, 0.15) is 26.3 Å². The van der Waals surface area contributed by atoms with Crippen molar-refractivity contribution in [2.45, 2.75) is 39.0 Å². The summed E-state index contributed by atoms with van der Waals surface area (Å²) in [6.07, 6.45) is 0.858. The number of fused-ring (bicyclic) bond motifs is 1. The fourth-order valence-corrected chi connectivity index (χ4v) is 1.77. The first-order valence-corrected chi connectivity index (χ1v) is 5.23. The van der Waals surface area contributed by atoms with Gasteiger partial charge in [0.1, 0.15) is 0 Å². The van der Waals surface area contributed by atoms with E-state index >= 15 is 0 Å². The van der Waals surface area contributed by atoms with Crippen LogP contribution in [0.25, 0.3) is 0 Å². The van der Waals surface area contributed by atoms with Gasteiger partial charge in [-0.05, 0) is 31.0 Å². The molecular weight excluding hydrogens is 190 g/mol. The molecule has 3 nitrogen and oxygen atoms in total. The fourth-order valence-electron chi connectivity index (χ4n) is 1.77. The highest BCUT2D eigenvalue weighted by atomic mass is 16.7. The van der Waals surface area contributed by atoms with Gasteiger partial charge >= 0.3 is 0 Å². The minimum atomic E-state index is -0.546. The lowest BCUT2D eigenvalue weighted by Gasteiger charge is -2.16. The van der Waals surface area contributed by atoms with Gasteiger partial charge in [0.05, 0.1) is 0 Å². The number of rotatable bonds is 2. The topological polar surface area (TPSA) is 44.5 Å². The molecule has 2 rings (SSSR count). The summed E-state index contributed by atoms with van der Waals surface area (Å²) in [4.78, 5) is 0. The summed E-state index contributed by atoms with van der Waals surface area (Å²) in [7, 11) is 0. The molecule has 1 aliphatic rings. The molecule has 15 heavy (non-hydrogen) atoms. The van der Waals surface area contributed by atoms with Gasteiger partial charge in [-0.1, -0.05) is 6.07 Å². The van der Waals surface area contributed by atoms with E-state index in [4.69, 9.17) is 15.2 Å². The van der Waals surface area contributed by atoms with Crippen LogP contribution >= 0.6 is 0 Å². The first kappa shape index (κ1) is 10.3.